The summed E-state index contributed by atoms with van der Waals surface area (Å²) in [7, 11) is 1.36. The number of nitrogens with zero attached hydrogens (tertiary/aromatic N) is 3. The Kier molecular flexibility index (Phi) is 3.94. The Hall–Kier alpha value is -2.18. The van der Waals surface area contributed by atoms with E-state index in [-0.39, 0.29) is 17.8 Å². The van der Waals surface area contributed by atoms with Gasteiger partial charge in [-0.05, 0) is 35.2 Å². The van der Waals surface area contributed by atoms with Gasteiger partial charge in [0.1, 0.15) is 6.04 Å². The van der Waals surface area contributed by atoms with Gasteiger partial charge in [-0.3, -0.25) is 0 Å². The molecule has 1 aliphatic rings. The number of nitro groups is 1. The summed E-state index contributed by atoms with van der Waals surface area (Å²) in [6.07, 6.45) is 4.10. The minimum Gasteiger partial charge on any atom is -0.467 e. The van der Waals surface area contributed by atoms with Crippen molar-refractivity contribution in [2.75, 3.05) is 18.6 Å². The Morgan fingerprint density at radius 3 is 2.89 bits per heavy atom. The molecular formula is C12H15N3O4. The third-order valence-electron chi connectivity index (χ3n) is 3.23. The van der Waals surface area contributed by atoms with E-state index in [1.165, 1.54) is 19.4 Å². The number of methoxy groups -OCH3 is 1. The van der Waals surface area contributed by atoms with Crippen LogP contribution in [0.2, 0.25) is 0 Å². The van der Waals surface area contributed by atoms with Crippen LogP contribution in [0.15, 0.2) is 18.3 Å². The van der Waals surface area contributed by atoms with Crippen LogP contribution in [0.1, 0.15) is 19.3 Å². The van der Waals surface area contributed by atoms with Crippen LogP contribution in [0.5, 0.6) is 0 Å². The first-order valence-corrected chi connectivity index (χ1v) is 6.08. The Balaban J connectivity index is 2.22. The molecule has 1 atom stereocenters. The van der Waals surface area contributed by atoms with Crippen molar-refractivity contribution in [3.05, 3.63) is 28.4 Å². The maximum atomic E-state index is 11.7. The van der Waals surface area contributed by atoms with Gasteiger partial charge in [0.15, 0.2) is 6.20 Å². The number of carbonyl (C=O) groups is 1. The van der Waals surface area contributed by atoms with Crippen molar-refractivity contribution in [2.24, 2.45) is 0 Å². The molecule has 0 saturated carbocycles. The lowest BCUT2D eigenvalue weighted by Gasteiger charge is -2.34. The topological polar surface area (TPSA) is 85.6 Å². The summed E-state index contributed by atoms with van der Waals surface area (Å²) in [5.74, 6) is -0.478. The number of hydrogen-bond donors (Lipinski definition) is 0. The van der Waals surface area contributed by atoms with E-state index in [1.54, 1.807) is 6.07 Å². The van der Waals surface area contributed by atoms with E-state index in [4.69, 9.17) is 4.74 Å². The van der Waals surface area contributed by atoms with E-state index in [2.05, 4.69) is 4.98 Å². The average Bonchev–Trinajstić information content (AvgIpc) is 2.46. The summed E-state index contributed by atoms with van der Waals surface area (Å²) < 4.78 is 4.79. The van der Waals surface area contributed by atoms with Crippen LogP contribution < -0.4 is 4.90 Å². The Labute approximate surface area is 110 Å². The van der Waals surface area contributed by atoms with E-state index < -0.39 is 4.92 Å². The molecule has 0 radical (unpaired) electrons. The molecule has 0 N–H and O–H groups in total. The highest BCUT2D eigenvalue weighted by atomic mass is 16.6. The molecule has 2 heterocycles. The van der Waals surface area contributed by atoms with Crippen molar-refractivity contribution in [2.45, 2.75) is 25.3 Å². The molecule has 0 aliphatic carbocycles. The van der Waals surface area contributed by atoms with Gasteiger partial charge in [0, 0.05) is 12.6 Å². The highest BCUT2D eigenvalue weighted by Gasteiger charge is 2.30. The molecule has 7 heteroatoms. The second kappa shape index (κ2) is 5.64. The van der Waals surface area contributed by atoms with Crippen molar-refractivity contribution < 1.29 is 14.5 Å². The molecule has 102 valence electrons. The van der Waals surface area contributed by atoms with Gasteiger partial charge in [-0.1, -0.05) is 0 Å². The van der Waals surface area contributed by atoms with Gasteiger partial charge in [-0.25, -0.2) is 4.79 Å². The molecule has 1 aliphatic heterocycles. The van der Waals surface area contributed by atoms with Gasteiger partial charge in [-0.15, -0.1) is 0 Å². The van der Waals surface area contributed by atoms with Crippen molar-refractivity contribution >= 4 is 17.5 Å². The zero-order chi connectivity index (χ0) is 13.8. The molecule has 0 aromatic carbocycles. The minimum absolute atomic E-state index is 0.199. The molecule has 0 bridgehead atoms. The number of ether oxygens (including phenoxy) is 1. The third kappa shape index (κ3) is 2.81. The van der Waals surface area contributed by atoms with Gasteiger partial charge in [-0.2, -0.15) is 0 Å². The number of anilines is 1. The lowest BCUT2D eigenvalue weighted by molar-refractivity contribution is -0.389. The first-order chi connectivity index (χ1) is 9.13. The molecule has 0 spiro atoms. The molecule has 1 fully saturated rings. The quantitative estimate of drug-likeness (QED) is 0.468. The molecule has 0 amide bonds. The van der Waals surface area contributed by atoms with Gasteiger partial charge in [0.2, 0.25) is 0 Å². The standard InChI is InChI=1S/C12H15N3O4/c1-19-12(16)10-4-2-3-7-14(10)9-5-6-11(13-8-9)15(17)18/h5-6,8,10H,2-4,7H2,1H3. The van der Waals surface area contributed by atoms with E-state index in [0.717, 1.165) is 25.8 Å². The third-order valence-corrected chi connectivity index (χ3v) is 3.23. The number of rotatable bonds is 3. The van der Waals surface area contributed by atoms with E-state index in [1.807, 2.05) is 4.90 Å². The zero-order valence-corrected chi connectivity index (χ0v) is 10.6. The van der Waals surface area contributed by atoms with Gasteiger partial charge < -0.3 is 19.8 Å². The Morgan fingerprint density at radius 1 is 1.53 bits per heavy atom. The normalized spacial score (nSPS) is 19.0. The monoisotopic (exact) mass is 265 g/mol. The number of hydrogen-bond acceptors (Lipinski definition) is 6. The second-order valence-electron chi connectivity index (χ2n) is 4.36. The van der Waals surface area contributed by atoms with Crippen LogP contribution in [0.4, 0.5) is 11.5 Å². The molecule has 1 aromatic rings. The second-order valence-corrected chi connectivity index (χ2v) is 4.36. The summed E-state index contributed by atoms with van der Waals surface area (Å²) in [6.45, 7) is 0.721. The number of piperidine rings is 1. The maximum absolute atomic E-state index is 11.7. The molecule has 1 saturated heterocycles. The molecule has 1 unspecified atom stereocenters. The molecular weight excluding hydrogens is 250 g/mol. The van der Waals surface area contributed by atoms with Crippen molar-refractivity contribution in [3.8, 4) is 0 Å². The summed E-state index contributed by atoms with van der Waals surface area (Å²) in [6, 6.07) is 2.63. The molecule has 7 nitrogen and oxygen atoms in total. The number of esters is 1. The van der Waals surface area contributed by atoms with Crippen LogP contribution in [0.3, 0.4) is 0 Å². The van der Waals surface area contributed by atoms with Gasteiger partial charge in [0.05, 0.1) is 12.8 Å². The fourth-order valence-electron chi connectivity index (χ4n) is 2.28. The predicted molar refractivity (Wildman–Crippen MR) is 67.9 cm³/mol. The molecule has 19 heavy (non-hydrogen) atoms. The number of pyridine rings is 1. The van der Waals surface area contributed by atoms with Crippen LogP contribution >= 0.6 is 0 Å². The van der Waals surface area contributed by atoms with E-state index >= 15 is 0 Å². The number of carbonyl (C=O) groups excluding carboxylic acids is 1. The van der Waals surface area contributed by atoms with Crippen LogP contribution in [0, 0.1) is 10.1 Å². The van der Waals surface area contributed by atoms with Gasteiger partial charge in [0.25, 0.3) is 0 Å². The lowest BCUT2D eigenvalue weighted by atomic mass is 10.0. The zero-order valence-electron chi connectivity index (χ0n) is 10.6. The van der Waals surface area contributed by atoms with E-state index in [0.29, 0.717) is 5.69 Å². The average molecular weight is 265 g/mol. The number of aromatic nitrogens is 1. The SMILES string of the molecule is COC(=O)C1CCCCN1c1ccc([N+](=O)[O-])nc1. The van der Waals surface area contributed by atoms with Crippen LogP contribution in [-0.4, -0.2) is 35.6 Å². The van der Waals surface area contributed by atoms with Gasteiger partial charge >= 0.3 is 11.8 Å². The summed E-state index contributed by atoms with van der Waals surface area (Å²) >= 11 is 0. The van der Waals surface area contributed by atoms with Crippen molar-refractivity contribution in [3.63, 3.8) is 0 Å². The molecule has 2 rings (SSSR count). The van der Waals surface area contributed by atoms with Crippen LogP contribution in [-0.2, 0) is 9.53 Å². The predicted octanol–water partition coefficient (Wildman–Crippen LogP) is 1.52. The fourth-order valence-corrected chi connectivity index (χ4v) is 2.28. The highest BCUT2D eigenvalue weighted by molar-refractivity contribution is 5.80. The first-order valence-electron chi connectivity index (χ1n) is 6.08. The first kappa shape index (κ1) is 13.3. The van der Waals surface area contributed by atoms with E-state index in [9.17, 15) is 14.9 Å². The Morgan fingerprint density at radius 2 is 2.32 bits per heavy atom. The maximum Gasteiger partial charge on any atom is 0.363 e. The lowest BCUT2D eigenvalue weighted by Crippen LogP contribution is -2.45. The minimum atomic E-state index is -0.544. The summed E-state index contributed by atoms with van der Waals surface area (Å²) in [5.41, 5.74) is 0.709. The highest BCUT2D eigenvalue weighted by Crippen LogP contribution is 2.25. The summed E-state index contributed by atoms with van der Waals surface area (Å²) in [5, 5.41) is 10.6. The fraction of sp³-hybridized carbons (Fsp3) is 0.500. The Bertz CT molecular complexity index is 474. The van der Waals surface area contributed by atoms with Crippen molar-refractivity contribution in [1.82, 2.24) is 4.98 Å². The van der Waals surface area contributed by atoms with Crippen molar-refractivity contribution in [1.29, 1.82) is 0 Å². The molecule has 1 aromatic heterocycles. The smallest absolute Gasteiger partial charge is 0.363 e. The largest absolute Gasteiger partial charge is 0.467 e. The summed E-state index contributed by atoms with van der Waals surface area (Å²) in [4.78, 5) is 27.4. The van der Waals surface area contributed by atoms with Crippen LogP contribution in [0.25, 0.3) is 0 Å².